The Morgan fingerprint density at radius 3 is 2.82 bits per heavy atom. The van der Waals surface area contributed by atoms with E-state index in [0.717, 1.165) is 11.3 Å². The molecule has 1 unspecified atom stereocenters. The molecule has 0 saturated carbocycles. The minimum atomic E-state index is -0.826. The van der Waals surface area contributed by atoms with Crippen LogP contribution >= 0.6 is 0 Å². The lowest BCUT2D eigenvalue weighted by molar-refractivity contribution is 0.273. The molecule has 3 heteroatoms. The van der Waals surface area contributed by atoms with E-state index in [0.29, 0.717) is 0 Å². The second-order valence-electron chi connectivity index (χ2n) is 2.51. The number of aliphatic hydroxyl groups is 1. The van der Waals surface area contributed by atoms with Gasteiger partial charge in [0.05, 0.1) is 5.71 Å². The summed E-state index contributed by atoms with van der Waals surface area (Å²) in [4.78, 5) is 0. The molecule has 1 aliphatic heterocycles. The van der Waals surface area contributed by atoms with Gasteiger partial charge in [-0.15, -0.1) is 0 Å². The topological polar surface area (TPSA) is 56.1 Å². The molecule has 0 spiro atoms. The molecule has 2 rings (SSSR count). The van der Waals surface area contributed by atoms with Crippen LogP contribution in [-0.4, -0.2) is 17.0 Å². The first-order valence-electron chi connectivity index (χ1n) is 3.41. The van der Waals surface area contributed by atoms with Crippen LogP contribution in [0.5, 0.6) is 0 Å². The van der Waals surface area contributed by atoms with Gasteiger partial charge in [-0.2, -0.15) is 0 Å². The molecule has 1 aliphatic rings. The molecular formula is C8H8N2O. The van der Waals surface area contributed by atoms with Gasteiger partial charge in [0.25, 0.3) is 0 Å². The Kier molecular flexibility index (Phi) is 1.20. The number of benzene rings is 1. The number of para-hydroxylation sites is 1. The van der Waals surface area contributed by atoms with Crippen molar-refractivity contribution in [3.05, 3.63) is 29.8 Å². The van der Waals surface area contributed by atoms with Crippen molar-refractivity contribution in [1.29, 1.82) is 5.41 Å². The minimum absolute atomic E-state index is 0.251. The van der Waals surface area contributed by atoms with Crippen molar-refractivity contribution in [3.63, 3.8) is 0 Å². The second-order valence-corrected chi connectivity index (χ2v) is 2.51. The fourth-order valence-corrected chi connectivity index (χ4v) is 1.21. The van der Waals surface area contributed by atoms with Crippen LogP contribution in [0.25, 0.3) is 0 Å². The zero-order valence-electron chi connectivity index (χ0n) is 5.83. The van der Waals surface area contributed by atoms with E-state index in [2.05, 4.69) is 5.32 Å². The average molecular weight is 148 g/mol. The lowest BCUT2D eigenvalue weighted by Crippen LogP contribution is -2.20. The van der Waals surface area contributed by atoms with Gasteiger partial charge in [0.1, 0.15) is 0 Å². The van der Waals surface area contributed by atoms with E-state index >= 15 is 0 Å². The molecule has 1 aromatic rings. The van der Waals surface area contributed by atoms with Crippen molar-refractivity contribution in [3.8, 4) is 0 Å². The molecule has 3 N–H and O–H groups in total. The maximum atomic E-state index is 9.18. The molecule has 56 valence electrons. The fraction of sp³-hybridized carbons (Fsp3) is 0.125. The Bertz CT molecular complexity index is 309. The zero-order chi connectivity index (χ0) is 7.84. The minimum Gasteiger partial charge on any atom is -0.368 e. The van der Waals surface area contributed by atoms with Gasteiger partial charge in [0, 0.05) is 11.3 Å². The number of rotatable bonds is 0. The van der Waals surface area contributed by atoms with Gasteiger partial charge in [0.2, 0.25) is 0 Å². The molecule has 0 bridgehead atoms. The van der Waals surface area contributed by atoms with Gasteiger partial charge < -0.3 is 10.4 Å². The molecule has 11 heavy (non-hydrogen) atoms. The van der Waals surface area contributed by atoms with Crippen LogP contribution in [0.15, 0.2) is 24.3 Å². The number of hydrogen-bond donors (Lipinski definition) is 3. The molecule has 1 atom stereocenters. The summed E-state index contributed by atoms with van der Waals surface area (Å²) in [5.74, 6) is 0. The largest absolute Gasteiger partial charge is 0.368 e. The molecule has 3 nitrogen and oxygen atoms in total. The predicted octanol–water partition coefficient (Wildman–Crippen LogP) is 0.798. The molecule has 1 heterocycles. The fourth-order valence-electron chi connectivity index (χ4n) is 1.21. The van der Waals surface area contributed by atoms with E-state index in [1.807, 2.05) is 24.3 Å². The van der Waals surface area contributed by atoms with E-state index < -0.39 is 6.23 Å². The van der Waals surface area contributed by atoms with Gasteiger partial charge in [-0.3, -0.25) is 5.41 Å². The van der Waals surface area contributed by atoms with Crippen LogP contribution in [-0.2, 0) is 0 Å². The van der Waals surface area contributed by atoms with E-state index in [1.165, 1.54) is 0 Å². The van der Waals surface area contributed by atoms with Gasteiger partial charge in [0.15, 0.2) is 6.23 Å². The Hall–Kier alpha value is -1.35. The normalized spacial score (nSPS) is 21.2. The number of aliphatic hydroxyl groups excluding tert-OH is 1. The lowest BCUT2D eigenvalue weighted by Gasteiger charge is -1.99. The zero-order valence-corrected chi connectivity index (χ0v) is 5.83. The van der Waals surface area contributed by atoms with E-state index in [9.17, 15) is 5.11 Å². The predicted molar refractivity (Wildman–Crippen MR) is 42.9 cm³/mol. The third kappa shape index (κ3) is 0.816. The van der Waals surface area contributed by atoms with Crippen LogP contribution in [0.3, 0.4) is 0 Å². The summed E-state index contributed by atoms with van der Waals surface area (Å²) in [6.45, 7) is 0. The quantitative estimate of drug-likeness (QED) is 0.509. The molecule has 0 amide bonds. The molecule has 0 saturated heterocycles. The first kappa shape index (κ1) is 6.37. The van der Waals surface area contributed by atoms with Crippen LogP contribution in [0.2, 0.25) is 0 Å². The highest BCUT2D eigenvalue weighted by Crippen LogP contribution is 2.23. The summed E-state index contributed by atoms with van der Waals surface area (Å²) >= 11 is 0. The average Bonchev–Trinajstić information content (AvgIpc) is 2.30. The SMILES string of the molecule is N=C1c2ccccc2NC1O. The monoisotopic (exact) mass is 148 g/mol. The van der Waals surface area contributed by atoms with Crippen molar-refractivity contribution >= 4 is 11.4 Å². The highest BCUT2D eigenvalue weighted by atomic mass is 16.3. The van der Waals surface area contributed by atoms with Crippen molar-refractivity contribution < 1.29 is 5.11 Å². The smallest absolute Gasteiger partial charge is 0.168 e. The first-order chi connectivity index (χ1) is 5.29. The van der Waals surface area contributed by atoms with Gasteiger partial charge in [-0.05, 0) is 6.07 Å². The van der Waals surface area contributed by atoms with Gasteiger partial charge in [-0.25, -0.2) is 0 Å². The van der Waals surface area contributed by atoms with Crippen molar-refractivity contribution in [2.45, 2.75) is 6.23 Å². The third-order valence-corrected chi connectivity index (χ3v) is 1.78. The number of fused-ring (bicyclic) bond motifs is 1. The van der Waals surface area contributed by atoms with Gasteiger partial charge >= 0.3 is 0 Å². The second kappa shape index (κ2) is 2.07. The summed E-state index contributed by atoms with van der Waals surface area (Å²) in [5.41, 5.74) is 1.88. The van der Waals surface area contributed by atoms with E-state index in [4.69, 9.17) is 5.41 Å². The molecular weight excluding hydrogens is 140 g/mol. The first-order valence-corrected chi connectivity index (χ1v) is 3.41. The molecule has 0 fully saturated rings. The summed E-state index contributed by atoms with van der Waals surface area (Å²) in [6.07, 6.45) is -0.826. The number of hydrogen-bond acceptors (Lipinski definition) is 3. The Morgan fingerprint density at radius 2 is 2.09 bits per heavy atom. The number of anilines is 1. The maximum absolute atomic E-state index is 9.18. The summed E-state index contributed by atoms with van der Waals surface area (Å²) in [6, 6.07) is 7.39. The van der Waals surface area contributed by atoms with Crippen molar-refractivity contribution in [2.24, 2.45) is 0 Å². The van der Waals surface area contributed by atoms with Gasteiger partial charge in [-0.1, -0.05) is 18.2 Å². The van der Waals surface area contributed by atoms with E-state index in [-0.39, 0.29) is 5.71 Å². The third-order valence-electron chi connectivity index (χ3n) is 1.78. The summed E-state index contributed by atoms with van der Waals surface area (Å²) in [7, 11) is 0. The van der Waals surface area contributed by atoms with E-state index in [1.54, 1.807) is 0 Å². The molecule has 0 aromatic heterocycles. The Morgan fingerprint density at radius 1 is 1.36 bits per heavy atom. The maximum Gasteiger partial charge on any atom is 0.168 e. The van der Waals surface area contributed by atoms with Crippen LogP contribution in [0.1, 0.15) is 5.56 Å². The number of nitrogens with one attached hydrogen (secondary N) is 2. The van der Waals surface area contributed by atoms with Crippen LogP contribution in [0.4, 0.5) is 5.69 Å². The molecule has 0 radical (unpaired) electrons. The van der Waals surface area contributed by atoms with Crippen LogP contribution in [0, 0.1) is 5.41 Å². The highest BCUT2D eigenvalue weighted by molar-refractivity contribution is 6.10. The van der Waals surface area contributed by atoms with Crippen molar-refractivity contribution in [1.82, 2.24) is 0 Å². The molecule has 1 aromatic carbocycles. The van der Waals surface area contributed by atoms with Crippen LogP contribution < -0.4 is 5.32 Å². The standard InChI is InChI=1S/C8H8N2O/c9-7-5-3-1-2-4-6(5)10-8(7)11/h1-4,8-11H. The van der Waals surface area contributed by atoms with Crippen molar-refractivity contribution in [2.75, 3.05) is 5.32 Å². The molecule has 0 aliphatic carbocycles. The summed E-state index contributed by atoms with van der Waals surface area (Å²) < 4.78 is 0. The highest BCUT2D eigenvalue weighted by Gasteiger charge is 2.23. The summed E-state index contributed by atoms with van der Waals surface area (Å²) in [5, 5.41) is 19.4. The Balaban J connectivity index is 2.55. The lowest BCUT2D eigenvalue weighted by atomic mass is 10.1. The Labute approximate surface area is 64.2 Å².